The first-order chi connectivity index (χ1) is 8.29. The third-order valence-electron chi connectivity index (χ3n) is 2.53. The second kappa shape index (κ2) is 5.64. The van der Waals surface area contributed by atoms with Crippen LogP contribution in [0.2, 0.25) is 0 Å². The summed E-state index contributed by atoms with van der Waals surface area (Å²) in [4.78, 5) is 14.7. The van der Waals surface area contributed by atoms with Gasteiger partial charge in [0.2, 0.25) is 0 Å². The average Bonchev–Trinajstić information content (AvgIpc) is 2.38. The van der Waals surface area contributed by atoms with Crippen molar-refractivity contribution in [1.29, 1.82) is 0 Å². The van der Waals surface area contributed by atoms with Crippen molar-refractivity contribution in [1.82, 2.24) is 4.98 Å². The van der Waals surface area contributed by atoms with Crippen molar-refractivity contribution in [2.75, 3.05) is 0 Å². The first-order valence-corrected chi connectivity index (χ1v) is 6.36. The molecule has 0 spiro atoms. The lowest BCUT2D eigenvalue weighted by Crippen LogP contribution is -1.88. The summed E-state index contributed by atoms with van der Waals surface area (Å²) < 4.78 is 0. The summed E-state index contributed by atoms with van der Waals surface area (Å²) in [7, 11) is 0. The van der Waals surface area contributed by atoms with Gasteiger partial charge >= 0.3 is 0 Å². The van der Waals surface area contributed by atoms with Gasteiger partial charge in [0.15, 0.2) is 6.29 Å². The van der Waals surface area contributed by atoms with Crippen LogP contribution in [0.3, 0.4) is 0 Å². The molecular weight excluding hydrogens is 230 g/mol. The molecule has 3 heteroatoms. The van der Waals surface area contributed by atoms with E-state index in [2.05, 4.69) is 24.0 Å². The van der Waals surface area contributed by atoms with Gasteiger partial charge in [0.05, 0.1) is 5.03 Å². The molecule has 0 fully saturated rings. The fourth-order valence-electron chi connectivity index (χ4n) is 1.47. The summed E-state index contributed by atoms with van der Waals surface area (Å²) in [6.45, 7) is 2.11. The fourth-order valence-corrected chi connectivity index (χ4v) is 2.39. The van der Waals surface area contributed by atoms with Gasteiger partial charge in [-0.3, -0.25) is 4.79 Å². The van der Waals surface area contributed by atoms with Crippen molar-refractivity contribution in [2.24, 2.45) is 0 Å². The van der Waals surface area contributed by atoms with Crippen LogP contribution in [-0.4, -0.2) is 11.3 Å². The SMILES string of the molecule is Cc1ccccc1CSc1ccc(C=O)cn1. The zero-order chi connectivity index (χ0) is 12.1. The highest BCUT2D eigenvalue weighted by atomic mass is 32.2. The molecule has 0 unspecified atom stereocenters. The van der Waals surface area contributed by atoms with Crippen molar-refractivity contribution >= 4 is 18.0 Å². The number of rotatable bonds is 4. The zero-order valence-corrected chi connectivity index (χ0v) is 10.4. The van der Waals surface area contributed by atoms with Gasteiger partial charge in [-0.1, -0.05) is 24.3 Å². The Morgan fingerprint density at radius 1 is 1.24 bits per heavy atom. The number of carbonyl (C=O) groups is 1. The van der Waals surface area contributed by atoms with Crippen LogP contribution in [0.1, 0.15) is 21.5 Å². The Kier molecular flexibility index (Phi) is 3.94. The van der Waals surface area contributed by atoms with Gasteiger partial charge < -0.3 is 0 Å². The van der Waals surface area contributed by atoms with Crippen LogP contribution in [0.5, 0.6) is 0 Å². The molecule has 0 aliphatic heterocycles. The lowest BCUT2D eigenvalue weighted by Gasteiger charge is -2.04. The van der Waals surface area contributed by atoms with Crippen LogP contribution >= 0.6 is 11.8 Å². The van der Waals surface area contributed by atoms with E-state index < -0.39 is 0 Å². The molecule has 0 saturated carbocycles. The Bertz CT molecular complexity index is 508. The topological polar surface area (TPSA) is 30.0 Å². The molecule has 0 amide bonds. The van der Waals surface area contributed by atoms with E-state index >= 15 is 0 Å². The third kappa shape index (κ3) is 3.17. The third-order valence-corrected chi connectivity index (χ3v) is 3.52. The molecular formula is C14H13NOS. The van der Waals surface area contributed by atoms with Gasteiger partial charge in [-0.05, 0) is 30.2 Å². The number of benzene rings is 1. The lowest BCUT2D eigenvalue weighted by atomic mass is 10.1. The Morgan fingerprint density at radius 2 is 2.06 bits per heavy atom. The first kappa shape index (κ1) is 11.9. The molecule has 0 atom stereocenters. The summed E-state index contributed by atoms with van der Waals surface area (Å²) in [5.74, 6) is 0.903. The van der Waals surface area contributed by atoms with Gasteiger partial charge in [-0.15, -0.1) is 11.8 Å². The number of thioether (sulfide) groups is 1. The lowest BCUT2D eigenvalue weighted by molar-refractivity contribution is 0.112. The van der Waals surface area contributed by atoms with E-state index in [0.717, 1.165) is 17.1 Å². The van der Waals surface area contributed by atoms with E-state index in [1.54, 1.807) is 24.0 Å². The number of hydrogen-bond donors (Lipinski definition) is 0. The van der Waals surface area contributed by atoms with Crippen LogP contribution in [-0.2, 0) is 5.75 Å². The number of pyridine rings is 1. The largest absolute Gasteiger partial charge is 0.298 e. The van der Waals surface area contributed by atoms with Gasteiger partial charge in [-0.2, -0.15) is 0 Å². The summed E-state index contributed by atoms with van der Waals surface area (Å²) >= 11 is 1.68. The smallest absolute Gasteiger partial charge is 0.151 e. The molecule has 2 aromatic rings. The second-order valence-corrected chi connectivity index (χ2v) is 4.76. The maximum absolute atomic E-state index is 10.5. The predicted octanol–water partition coefficient (Wildman–Crippen LogP) is 3.49. The Hall–Kier alpha value is -1.61. The van der Waals surface area contributed by atoms with E-state index in [9.17, 15) is 4.79 Å². The molecule has 1 heterocycles. The highest BCUT2D eigenvalue weighted by Crippen LogP contribution is 2.22. The number of carbonyl (C=O) groups excluding carboxylic acids is 1. The molecule has 0 radical (unpaired) electrons. The Morgan fingerprint density at radius 3 is 2.71 bits per heavy atom. The Labute approximate surface area is 105 Å². The maximum atomic E-state index is 10.5. The second-order valence-electron chi connectivity index (χ2n) is 3.76. The average molecular weight is 243 g/mol. The van der Waals surface area contributed by atoms with E-state index in [4.69, 9.17) is 0 Å². The summed E-state index contributed by atoms with van der Waals surface area (Å²) in [5, 5.41) is 0.943. The van der Waals surface area contributed by atoms with Crippen molar-refractivity contribution in [3.63, 3.8) is 0 Å². The summed E-state index contributed by atoms with van der Waals surface area (Å²) in [6.07, 6.45) is 2.41. The number of aromatic nitrogens is 1. The van der Waals surface area contributed by atoms with Crippen LogP contribution in [0.25, 0.3) is 0 Å². The zero-order valence-electron chi connectivity index (χ0n) is 9.59. The monoisotopic (exact) mass is 243 g/mol. The fraction of sp³-hybridized carbons (Fsp3) is 0.143. The molecule has 0 aliphatic carbocycles. The van der Waals surface area contributed by atoms with Crippen molar-refractivity contribution in [3.05, 3.63) is 59.3 Å². The van der Waals surface area contributed by atoms with Crippen LogP contribution < -0.4 is 0 Å². The van der Waals surface area contributed by atoms with Crippen molar-refractivity contribution in [3.8, 4) is 0 Å². The molecule has 0 aliphatic rings. The molecule has 0 bridgehead atoms. The molecule has 0 N–H and O–H groups in total. The van der Waals surface area contributed by atoms with E-state index in [0.29, 0.717) is 5.56 Å². The highest BCUT2D eigenvalue weighted by molar-refractivity contribution is 7.98. The quantitative estimate of drug-likeness (QED) is 0.608. The standard InChI is InChI=1S/C14H13NOS/c1-11-4-2-3-5-13(11)10-17-14-7-6-12(9-16)8-15-14/h2-9H,10H2,1H3. The normalized spacial score (nSPS) is 10.2. The van der Waals surface area contributed by atoms with Crippen molar-refractivity contribution < 1.29 is 4.79 Å². The molecule has 1 aromatic heterocycles. The minimum Gasteiger partial charge on any atom is -0.298 e. The van der Waals surface area contributed by atoms with Gasteiger partial charge in [0.1, 0.15) is 0 Å². The van der Waals surface area contributed by atoms with Crippen LogP contribution in [0.15, 0.2) is 47.6 Å². The predicted molar refractivity (Wildman–Crippen MR) is 70.4 cm³/mol. The highest BCUT2D eigenvalue weighted by Gasteiger charge is 2.00. The van der Waals surface area contributed by atoms with Crippen LogP contribution in [0, 0.1) is 6.92 Å². The van der Waals surface area contributed by atoms with Gasteiger partial charge in [0, 0.05) is 17.5 Å². The molecule has 17 heavy (non-hydrogen) atoms. The number of aldehydes is 1. The minimum atomic E-state index is 0.616. The molecule has 86 valence electrons. The van der Waals surface area contributed by atoms with E-state index in [1.807, 2.05) is 18.2 Å². The minimum absolute atomic E-state index is 0.616. The summed E-state index contributed by atoms with van der Waals surface area (Å²) in [6, 6.07) is 12.0. The summed E-state index contributed by atoms with van der Waals surface area (Å²) in [5.41, 5.74) is 3.23. The molecule has 1 aromatic carbocycles. The number of hydrogen-bond acceptors (Lipinski definition) is 3. The number of nitrogens with zero attached hydrogens (tertiary/aromatic N) is 1. The van der Waals surface area contributed by atoms with Crippen LogP contribution in [0.4, 0.5) is 0 Å². The Balaban J connectivity index is 2.02. The maximum Gasteiger partial charge on any atom is 0.151 e. The first-order valence-electron chi connectivity index (χ1n) is 5.38. The molecule has 2 rings (SSSR count). The molecule has 2 nitrogen and oxygen atoms in total. The van der Waals surface area contributed by atoms with E-state index in [1.165, 1.54) is 11.1 Å². The van der Waals surface area contributed by atoms with Gasteiger partial charge in [0.25, 0.3) is 0 Å². The van der Waals surface area contributed by atoms with Gasteiger partial charge in [-0.25, -0.2) is 4.98 Å². The number of aryl methyl sites for hydroxylation is 1. The molecule has 0 saturated heterocycles. The van der Waals surface area contributed by atoms with Crippen molar-refractivity contribution in [2.45, 2.75) is 17.7 Å². The van der Waals surface area contributed by atoms with E-state index in [-0.39, 0.29) is 0 Å².